The van der Waals surface area contributed by atoms with Crippen LogP contribution in [0.15, 0.2) is 77.7 Å². The molecule has 0 aliphatic carbocycles. The summed E-state index contributed by atoms with van der Waals surface area (Å²) < 4.78 is 26.7. The van der Waals surface area contributed by atoms with Crippen molar-refractivity contribution in [3.8, 4) is 0 Å². The number of benzene rings is 2. The Balaban J connectivity index is 1.34. The van der Waals surface area contributed by atoms with Gasteiger partial charge >= 0.3 is 6.03 Å². The van der Waals surface area contributed by atoms with Crippen molar-refractivity contribution in [1.29, 1.82) is 0 Å². The number of allylic oxidation sites excluding steroid dienone is 1. The summed E-state index contributed by atoms with van der Waals surface area (Å²) in [5.74, 6) is 0.709. The van der Waals surface area contributed by atoms with Crippen molar-refractivity contribution in [2.75, 3.05) is 23.3 Å². The van der Waals surface area contributed by atoms with E-state index in [4.69, 9.17) is 0 Å². The third kappa shape index (κ3) is 6.57. The zero-order chi connectivity index (χ0) is 25.5. The SMILES string of the molecule is Cc1ccc(S(=O)(=O)NC(=O)Nc2ccc(C(=O)/C=C/c3cccc(N4CCCCC4)n3)cc2)cc1. The highest BCUT2D eigenvalue weighted by molar-refractivity contribution is 7.90. The van der Waals surface area contributed by atoms with Gasteiger partial charge in [-0.3, -0.25) is 4.79 Å². The third-order valence-corrected chi connectivity index (χ3v) is 7.17. The number of ketones is 1. The number of piperidine rings is 1. The van der Waals surface area contributed by atoms with Gasteiger partial charge < -0.3 is 10.2 Å². The Morgan fingerprint density at radius 1 is 0.917 bits per heavy atom. The molecule has 1 aliphatic rings. The van der Waals surface area contributed by atoms with E-state index in [1.165, 1.54) is 36.8 Å². The van der Waals surface area contributed by atoms with E-state index < -0.39 is 16.1 Å². The number of amides is 2. The molecule has 0 bridgehead atoms. The largest absolute Gasteiger partial charge is 0.357 e. The molecule has 1 saturated heterocycles. The van der Waals surface area contributed by atoms with Crippen LogP contribution in [0.4, 0.5) is 16.3 Å². The lowest BCUT2D eigenvalue weighted by Gasteiger charge is -2.27. The van der Waals surface area contributed by atoms with E-state index in [0.717, 1.165) is 37.3 Å². The van der Waals surface area contributed by atoms with Crippen molar-refractivity contribution in [2.45, 2.75) is 31.1 Å². The van der Waals surface area contributed by atoms with Gasteiger partial charge in [0.2, 0.25) is 0 Å². The topological polar surface area (TPSA) is 108 Å². The molecule has 4 rings (SSSR count). The first-order chi connectivity index (χ1) is 17.3. The van der Waals surface area contributed by atoms with E-state index in [-0.39, 0.29) is 10.7 Å². The van der Waals surface area contributed by atoms with Gasteiger partial charge in [-0.05, 0) is 86.9 Å². The third-order valence-electron chi connectivity index (χ3n) is 5.83. The monoisotopic (exact) mass is 504 g/mol. The maximum Gasteiger partial charge on any atom is 0.333 e. The lowest BCUT2D eigenvalue weighted by Crippen LogP contribution is -2.34. The molecular weight excluding hydrogens is 476 g/mol. The molecule has 0 spiro atoms. The number of rotatable bonds is 7. The number of urea groups is 1. The van der Waals surface area contributed by atoms with Gasteiger partial charge in [0, 0.05) is 24.3 Å². The highest BCUT2D eigenvalue weighted by atomic mass is 32.2. The molecule has 1 aliphatic heterocycles. The molecule has 0 radical (unpaired) electrons. The molecule has 2 heterocycles. The van der Waals surface area contributed by atoms with Crippen LogP contribution in [-0.4, -0.2) is 38.3 Å². The standard InChI is InChI=1S/C27H28N4O4S/c1-20-8-15-24(16-9-20)36(34,35)30-27(33)29-23-12-10-21(11-13-23)25(32)17-14-22-6-5-7-26(28-22)31-18-3-2-4-19-31/h5-17H,2-4,18-19H2,1H3,(H2,29,30,33)/b17-14+. The highest BCUT2D eigenvalue weighted by Gasteiger charge is 2.17. The van der Waals surface area contributed by atoms with Crippen molar-refractivity contribution in [3.05, 3.63) is 89.6 Å². The molecule has 8 nitrogen and oxygen atoms in total. The number of anilines is 2. The predicted molar refractivity (Wildman–Crippen MR) is 141 cm³/mol. The number of hydrogen-bond acceptors (Lipinski definition) is 6. The zero-order valence-corrected chi connectivity index (χ0v) is 20.8. The molecule has 1 aromatic heterocycles. The van der Waals surface area contributed by atoms with Gasteiger partial charge in [-0.2, -0.15) is 0 Å². The maximum absolute atomic E-state index is 12.6. The summed E-state index contributed by atoms with van der Waals surface area (Å²) in [5, 5.41) is 2.47. The van der Waals surface area contributed by atoms with Crippen molar-refractivity contribution in [3.63, 3.8) is 0 Å². The average Bonchev–Trinajstić information content (AvgIpc) is 2.88. The van der Waals surface area contributed by atoms with Crippen LogP contribution in [0.5, 0.6) is 0 Å². The first-order valence-corrected chi connectivity index (χ1v) is 13.2. The molecule has 9 heteroatoms. The van der Waals surface area contributed by atoms with Crippen LogP contribution in [0.25, 0.3) is 6.08 Å². The molecule has 1 fully saturated rings. The molecule has 2 amide bonds. The Bertz CT molecular complexity index is 1360. The number of aromatic nitrogens is 1. The van der Waals surface area contributed by atoms with Crippen LogP contribution in [0.2, 0.25) is 0 Å². The number of hydrogen-bond donors (Lipinski definition) is 2. The molecular formula is C27H28N4O4S. The molecule has 36 heavy (non-hydrogen) atoms. The Morgan fingerprint density at radius 3 is 2.31 bits per heavy atom. The van der Waals surface area contributed by atoms with Gasteiger partial charge in [0.05, 0.1) is 10.6 Å². The smallest absolute Gasteiger partial charge is 0.333 e. The molecule has 186 valence electrons. The van der Waals surface area contributed by atoms with E-state index >= 15 is 0 Å². The Hall–Kier alpha value is -3.98. The number of aryl methyl sites for hydroxylation is 1. The summed E-state index contributed by atoms with van der Waals surface area (Å²) in [6.07, 6.45) is 6.72. The van der Waals surface area contributed by atoms with Crippen LogP contribution >= 0.6 is 0 Å². The Kier molecular flexibility index (Phi) is 7.80. The molecule has 2 aromatic carbocycles. The van der Waals surface area contributed by atoms with Gasteiger partial charge in [0.25, 0.3) is 10.0 Å². The summed E-state index contributed by atoms with van der Waals surface area (Å²) >= 11 is 0. The normalized spacial score (nSPS) is 14.0. The molecule has 0 atom stereocenters. The number of sulfonamides is 1. The lowest BCUT2D eigenvalue weighted by molar-refractivity contribution is 0.104. The fourth-order valence-electron chi connectivity index (χ4n) is 3.86. The number of carbonyl (C=O) groups is 2. The summed E-state index contributed by atoms with van der Waals surface area (Å²) in [7, 11) is -4.00. The van der Waals surface area contributed by atoms with Crippen molar-refractivity contribution < 1.29 is 18.0 Å². The van der Waals surface area contributed by atoms with Crippen LogP contribution < -0.4 is 14.9 Å². The van der Waals surface area contributed by atoms with Crippen LogP contribution in [0.1, 0.15) is 40.9 Å². The summed E-state index contributed by atoms with van der Waals surface area (Å²) in [6.45, 7) is 3.83. The van der Waals surface area contributed by atoms with Crippen molar-refractivity contribution in [1.82, 2.24) is 9.71 Å². The molecule has 3 aromatic rings. The quantitative estimate of drug-likeness (QED) is 0.354. The van der Waals surface area contributed by atoms with E-state index in [9.17, 15) is 18.0 Å². The lowest BCUT2D eigenvalue weighted by atomic mass is 10.1. The molecule has 2 N–H and O–H groups in total. The number of nitrogens with zero attached hydrogens (tertiary/aromatic N) is 2. The van der Waals surface area contributed by atoms with Crippen molar-refractivity contribution in [2.24, 2.45) is 0 Å². The minimum atomic E-state index is -4.00. The predicted octanol–water partition coefficient (Wildman–Crippen LogP) is 4.79. The van der Waals surface area contributed by atoms with Gasteiger partial charge in [-0.25, -0.2) is 22.9 Å². The fourth-order valence-corrected chi connectivity index (χ4v) is 4.77. The highest BCUT2D eigenvalue weighted by Crippen LogP contribution is 2.18. The van der Waals surface area contributed by atoms with Gasteiger partial charge in [-0.1, -0.05) is 23.8 Å². The molecule has 0 unspecified atom stereocenters. The Labute approximate surface area is 211 Å². The van der Waals surface area contributed by atoms with Crippen LogP contribution in [-0.2, 0) is 10.0 Å². The van der Waals surface area contributed by atoms with Gasteiger partial charge in [0.15, 0.2) is 5.78 Å². The zero-order valence-electron chi connectivity index (χ0n) is 20.0. The second kappa shape index (κ2) is 11.2. The minimum absolute atomic E-state index is 0.00747. The second-order valence-electron chi connectivity index (χ2n) is 8.62. The first-order valence-electron chi connectivity index (χ1n) is 11.8. The maximum atomic E-state index is 12.6. The second-order valence-corrected chi connectivity index (χ2v) is 10.3. The average molecular weight is 505 g/mol. The number of pyridine rings is 1. The number of nitrogens with one attached hydrogen (secondary N) is 2. The van der Waals surface area contributed by atoms with E-state index in [0.29, 0.717) is 16.9 Å². The Morgan fingerprint density at radius 2 is 1.61 bits per heavy atom. The summed E-state index contributed by atoms with van der Waals surface area (Å²) in [6, 6.07) is 17.2. The number of carbonyl (C=O) groups excluding carboxylic acids is 2. The molecule has 0 saturated carbocycles. The van der Waals surface area contributed by atoms with E-state index in [1.54, 1.807) is 30.3 Å². The fraction of sp³-hybridized carbons (Fsp3) is 0.222. The first kappa shape index (κ1) is 25.1. The van der Waals surface area contributed by atoms with Crippen LogP contribution in [0.3, 0.4) is 0 Å². The van der Waals surface area contributed by atoms with E-state index in [2.05, 4.69) is 15.2 Å². The summed E-state index contributed by atoms with van der Waals surface area (Å²) in [5.41, 5.74) is 2.39. The van der Waals surface area contributed by atoms with E-state index in [1.807, 2.05) is 29.8 Å². The minimum Gasteiger partial charge on any atom is -0.357 e. The van der Waals surface area contributed by atoms with Crippen molar-refractivity contribution >= 4 is 39.4 Å². The van der Waals surface area contributed by atoms with Crippen LogP contribution in [0, 0.1) is 6.92 Å². The van der Waals surface area contributed by atoms with Gasteiger partial charge in [0.1, 0.15) is 5.82 Å². The van der Waals surface area contributed by atoms with Gasteiger partial charge in [-0.15, -0.1) is 0 Å². The summed E-state index contributed by atoms with van der Waals surface area (Å²) in [4.78, 5) is 31.7.